The standard InChI is InChI=1S/C14H23N3O2S.ClH/c1-9(2)11(13(19)16-8-14(3,4)15)17-12(18)10-6-5-7-20-10;/h5-7,9,11H,8,15H2,1-4H3,(H,16,19)(H,17,18);1H. The Morgan fingerprint density at radius 3 is 2.43 bits per heavy atom. The number of thiophene rings is 1. The van der Waals surface area contributed by atoms with Gasteiger partial charge < -0.3 is 16.4 Å². The summed E-state index contributed by atoms with van der Waals surface area (Å²) in [5.74, 6) is -0.427. The predicted molar refractivity (Wildman–Crippen MR) is 88.9 cm³/mol. The Morgan fingerprint density at radius 1 is 1.38 bits per heavy atom. The van der Waals surface area contributed by atoms with Crippen molar-refractivity contribution in [1.82, 2.24) is 10.6 Å². The maximum atomic E-state index is 12.2. The minimum atomic E-state index is -0.563. The molecule has 0 saturated heterocycles. The van der Waals surface area contributed by atoms with E-state index >= 15 is 0 Å². The molecule has 0 aromatic carbocycles. The van der Waals surface area contributed by atoms with Gasteiger partial charge in [0.1, 0.15) is 6.04 Å². The van der Waals surface area contributed by atoms with Gasteiger partial charge in [-0.15, -0.1) is 23.7 Å². The third-order valence-electron chi connectivity index (χ3n) is 2.70. The van der Waals surface area contributed by atoms with Gasteiger partial charge in [-0.2, -0.15) is 0 Å². The fourth-order valence-electron chi connectivity index (χ4n) is 1.58. The van der Waals surface area contributed by atoms with Crippen LogP contribution >= 0.6 is 23.7 Å². The summed E-state index contributed by atoms with van der Waals surface area (Å²) in [6, 6.07) is 2.98. The first-order valence-electron chi connectivity index (χ1n) is 6.61. The monoisotopic (exact) mass is 333 g/mol. The summed E-state index contributed by atoms with van der Waals surface area (Å²) in [5.41, 5.74) is 5.36. The van der Waals surface area contributed by atoms with Crippen molar-refractivity contribution < 1.29 is 9.59 Å². The summed E-state index contributed by atoms with van der Waals surface area (Å²) in [5, 5.41) is 7.38. The molecule has 0 saturated carbocycles. The van der Waals surface area contributed by atoms with Gasteiger partial charge in [0.25, 0.3) is 5.91 Å². The Labute approximate surface area is 136 Å². The molecule has 21 heavy (non-hydrogen) atoms. The van der Waals surface area contributed by atoms with E-state index in [-0.39, 0.29) is 30.1 Å². The highest BCUT2D eigenvalue weighted by molar-refractivity contribution is 7.12. The van der Waals surface area contributed by atoms with Crippen LogP contribution in [0.3, 0.4) is 0 Å². The average molecular weight is 334 g/mol. The predicted octanol–water partition coefficient (Wildman–Crippen LogP) is 1.78. The number of nitrogens with one attached hydrogen (secondary N) is 2. The molecule has 4 N–H and O–H groups in total. The Bertz CT molecular complexity index is 455. The van der Waals surface area contributed by atoms with Crippen LogP contribution in [0.1, 0.15) is 37.4 Å². The summed E-state index contributed by atoms with van der Waals surface area (Å²) in [6.07, 6.45) is 0. The molecule has 1 rings (SSSR count). The zero-order valence-corrected chi connectivity index (χ0v) is 14.4. The van der Waals surface area contributed by atoms with Gasteiger partial charge in [0.2, 0.25) is 5.91 Å². The minimum Gasteiger partial charge on any atom is -0.352 e. The summed E-state index contributed by atoms with van der Waals surface area (Å²) < 4.78 is 0. The lowest BCUT2D eigenvalue weighted by Crippen LogP contribution is -2.53. The lowest BCUT2D eigenvalue weighted by atomic mass is 10.0. The lowest BCUT2D eigenvalue weighted by Gasteiger charge is -2.24. The Hall–Kier alpha value is -1.11. The molecule has 0 aliphatic heterocycles. The van der Waals surface area contributed by atoms with Crippen molar-refractivity contribution in [3.05, 3.63) is 22.4 Å². The molecule has 1 unspecified atom stereocenters. The highest BCUT2D eigenvalue weighted by atomic mass is 35.5. The molecule has 1 atom stereocenters. The molecule has 0 aliphatic rings. The zero-order valence-electron chi connectivity index (χ0n) is 12.8. The Morgan fingerprint density at radius 2 is 2.00 bits per heavy atom. The number of carbonyl (C=O) groups excluding carboxylic acids is 2. The van der Waals surface area contributed by atoms with Gasteiger partial charge in [-0.1, -0.05) is 19.9 Å². The number of amides is 2. The SMILES string of the molecule is CC(C)C(NC(=O)c1cccs1)C(=O)NCC(C)(C)N.Cl. The zero-order chi connectivity index (χ0) is 15.3. The van der Waals surface area contributed by atoms with Crippen LogP contribution in [0.15, 0.2) is 17.5 Å². The minimum absolute atomic E-state index is 0. The molecule has 1 aromatic rings. The van der Waals surface area contributed by atoms with Crippen LogP contribution < -0.4 is 16.4 Å². The smallest absolute Gasteiger partial charge is 0.262 e. The second kappa shape index (κ2) is 8.36. The molecule has 2 amide bonds. The van der Waals surface area contributed by atoms with Crippen molar-refractivity contribution in [2.24, 2.45) is 11.7 Å². The van der Waals surface area contributed by atoms with E-state index < -0.39 is 11.6 Å². The fraction of sp³-hybridized carbons (Fsp3) is 0.571. The van der Waals surface area contributed by atoms with E-state index in [1.54, 1.807) is 12.1 Å². The fourth-order valence-corrected chi connectivity index (χ4v) is 2.21. The summed E-state index contributed by atoms with van der Waals surface area (Å²) in [7, 11) is 0. The molecule has 0 aliphatic carbocycles. The van der Waals surface area contributed by atoms with Crippen molar-refractivity contribution in [3.63, 3.8) is 0 Å². The molecule has 120 valence electrons. The van der Waals surface area contributed by atoms with Crippen LogP contribution in [-0.4, -0.2) is 29.9 Å². The van der Waals surface area contributed by atoms with Gasteiger partial charge in [-0.25, -0.2) is 0 Å². The largest absolute Gasteiger partial charge is 0.352 e. The number of hydrogen-bond acceptors (Lipinski definition) is 4. The quantitative estimate of drug-likeness (QED) is 0.742. The van der Waals surface area contributed by atoms with Crippen molar-refractivity contribution in [1.29, 1.82) is 0 Å². The number of carbonyl (C=O) groups is 2. The van der Waals surface area contributed by atoms with Crippen molar-refractivity contribution in [2.75, 3.05) is 6.54 Å². The van der Waals surface area contributed by atoms with Gasteiger partial charge >= 0.3 is 0 Å². The number of nitrogens with two attached hydrogens (primary N) is 1. The van der Waals surface area contributed by atoms with Crippen LogP contribution in [0, 0.1) is 5.92 Å². The molecule has 0 bridgehead atoms. The first kappa shape index (κ1) is 19.9. The van der Waals surface area contributed by atoms with E-state index in [2.05, 4.69) is 10.6 Å². The first-order chi connectivity index (χ1) is 9.20. The molecule has 1 heterocycles. The van der Waals surface area contributed by atoms with Gasteiger partial charge in [-0.05, 0) is 31.2 Å². The maximum Gasteiger partial charge on any atom is 0.262 e. The molecule has 5 nitrogen and oxygen atoms in total. The van der Waals surface area contributed by atoms with Crippen molar-refractivity contribution in [3.8, 4) is 0 Å². The van der Waals surface area contributed by atoms with Crippen molar-refractivity contribution >= 4 is 35.6 Å². The highest BCUT2D eigenvalue weighted by Gasteiger charge is 2.25. The molecule has 1 aromatic heterocycles. The summed E-state index contributed by atoms with van der Waals surface area (Å²) in [4.78, 5) is 24.8. The average Bonchev–Trinajstić information content (AvgIpc) is 2.85. The maximum absolute atomic E-state index is 12.2. The van der Waals surface area contributed by atoms with Gasteiger partial charge in [-0.3, -0.25) is 9.59 Å². The van der Waals surface area contributed by atoms with Crippen LogP contribution in [0.4, 0.5) is 0 Å². The first-order valence-corrected chi connectivity index (χ1v) is 7.49. The van der Waals surface area contributed by atoms with Crippen LogP contribution in [0.5, 0.6) is 0 Å². The molecule has 0 radical (unpaired) electrons. The second-order valence-corrected chi connectivity index (χ2v) is 6.83. The van der Waals surface area contributed by atoms with Gasteiger partial charge in [0.05, 0.1) is 4.88 Å². The van der Waals surface area contributed by atoms with E-state index in [0.717, 1.165) is 0 Å². The molecular weight excluding hydrogens is 310 g/mol. The van der Waals surface area contributed by atoms with E-state index in [4.69, 9.17) is 5.73 Å². The van der Waals surface area contributed by atoms with Gasteiger partial charge in [0.15, 0.2) is 0 Å². The number of rotatable bonds is 6. The molecule has 0 fully saturated rings. The summed E-state index contributed by atoms with van der Waals surface area (Å²) in [6.45, 7) is 7.83. The Balaban J connectivity index is 0.00000400. The van der Waals surface area contributed by atoms with E-state index in [1.165, 1.54) is 11.3 Å². The van der Waals surface area contributed by atoms with Crippen molar-refractivity contribution in [2.45, 2.75) is 39.3 Å². The third kappa shape index (κ3) is 6.93. The van der Waals surface area contributed by atoms with Crippen LogP contribution in [0.25, 0.3) is 0 Å². The molecule has 7 heteroatoms. The molecular formula is C14H24ClN3O2S. The second-order valence-electron chi connectivity index (χ2n) is 5.88. The van der Waals surface area contributed by atoms with E-state index in [0.29, 0.717) is 11.4 Å². The topological polar surface area (TPSA) is 84.2 Å². The number of hydrogen-bond donors (Lipinski definition) is 3. The Kier molecular flexibility index (Phi) is 7.92. The summed E-state index contributed by atoms with van der Waals surface area (Å²) >= 11 is 1.35. The highest BCUT2D eigenvalue weighted by Crippen LogP contribution is 2.10. The third-order valence-corrected chi connectivity index (χ3v) is 3.57. The van der Waals surface area contributed by atoms with Gasteiger partial charge in [0, 0.05) is 12.1 Å². The van der Waals surface area contributed by atoms with Crippen LogP contribution in [0.2, 0.25) is 0 Å². The normalized spacial score (nSPS) is 12.5. The van der Waals surface area contributed by atoms with E-state index in [9.17, 15) is 9.59 Å². The van der Waals surface area contributed by atoms with E-state index in [1.807, 2.05) is 33.1 Å². The van der Waals surface area contributed by atoms with Crippen LogP contribution in [-0.2, 0) is 4.79 Å². The molecule has 0 spiro atoms. The lowest BCUT2D eigenvalue weighted by molar-refractivity contribution is -0.124. The number of halogens is 1.